The van der Waals surface area contributed by atoms with Crippen molar-refractivity contribution in [2.24, 2.45) is 0 Å². The first kappa shape index (κ1) is 56.7. The maximum atomic E-state index is 9.91. The van der Waals surface area contributed by atoms with Crippen LogP contribution in [-0.2, 0) is 41.0 Å². The molecule has 0 aliphatic rings. The summed E-state index contributed by atoms with van der Waals surface area (Å²) in [5.74, 6) is 2.10. The number of imidazole rings is 1. The van der Waals surface area contributed by atoms with E-state index in [0.29, 0.717) is 22.6 Å². The molecule has 4 heterocycles. The predicted molar refractivity (Wildman–Crippen MR) is 396 cm³/mol. The van der Waals surface area contributed by atoms with Crippen LogP contribution < -0.4 is 4.74 Å². The molecule has 0 saturated heterocycles. The minimum absolute atomic E-state index is 0.100. The van der Waals surface area contributed by atoms with Crippen molar-refractivity contribution in [1.29, 1.82) is 0 Å². The number of ether oxygens (including phenoxy) is 1. The van der Waals surface area contributed by atoms with Gasteiger partial charge in [0.2, 0.25) is 0 Å². The van der Waals surface area contributed by atoms with E-state index in [2.05, 4.69) is 345 Å². The molecule has 0 atom stereocenters. The number of hydrogen-bond donors (Lipinski definition) is 0. The molecule has 0 N–H and O–H groups in total. The third-order valence-corrected chi connectivity index (χ3v) is 19.9. The number of hydrogen-bond acceptors (Lipinski definition) is 2. The van der Waals surface area contributed by atoms with Crippen LogP contribution in [0.2, 0.25) is 0 Å². The van der Waals surface area contributed by atoms with Crippen LogP contribution >= 0.6 is 0 Å². The van der Waals surface area contributed by atoms with Crippen molar-refractivity contribution in [2.75, 3.05) is 0 Å². The summed E-state index contributed by atoms with van der Waals surface area (Å²) < 4.78 is 55.1. The first-order valence-electron chi connectivity index (χ1n) is 34.8. The van der Waals surface area contributed by atoms with Gasteiger partial charge in [-0.2, -0.15) is 0 Å². The maximum absolute atomic E-state index is 9.91. The van der Waals surface area contributed by atoms with E-state index in [4.69, 9.17) is 11.1 Å². The summed E-state index contributed by atoms with van der Waals surface area (Å²) in [6, 6.07) is 81.5. The van der Waals surface area contributed by atoms with Crippen molar-refractivity contribution < 1.29 is 29.6 Å². The number of pyridine rings is 1. The number of aromatic nitrogens is 5. The van der Waals surface area contributed by atoms with Crippen LogP contribution in [0.3, 0.4) is 0 Å². The van der Waals surface area contributed by atoms with Crippen molar-refractivity contribution in [3.8, 4) is 73.2 Å². The Morgan fingerprint density at radius 3 is 1.48 bits per heavy atom. The summed E-state index contributed by atoms with van der Waals surface area (Å²) in [5.41, 5.74) is 19.2. The van der Waals surface area contributed by atoms with Crippen molar-refractivity contribution in [2.45, 2.75) is 105 Å². The van der Waals surface area contributed by atoms with Crippen LogP contribution in [0.4, 0.5) is 0 Å². The second-order valence-corrected chi connectivity index (χ2v) is 30.4. The SMILES string of the molecule is [2H]c1cc(-c2cc(C(C)(C)C)cc(-c3cc(C(C)(C)C)cc(C(C)(C)C)c3)c2-n2[c](=[Pt])n3c4cc(Oc5ccc6c7ccccc7n(-c7cc(C(C)(C)C)ccn7)c6c5)ccc4n(-c4c(-c5ccccc5)cccc4-c4ccccc4)c4ccccc4c4cccc2c43)c([2H])c([2H])c1[2H]. The Hall–Kier alpha value is -9.87. The fourth-order valence-electron chi connectivity index (χ4n) is 13.8. The number of nitrogens with zero attached hydrogens (tertiary/aromatic N) is 5. The zero-order valence-corrected chi connectivity index (χ0v) is 58.2. The second kappa shape index (κ2) is 23.2. The fourth-order valence-corrected chi connectivity index (χ4v) is 14.8. The molecule has 95 heavy (non-hydrogen) atoms. The number of fused-ring (bicyclic) bond motifs is 7. The van der Waals surface area contributed by atoms with Gasteiger partial charge in [0.1, 0.15) is 0 Å². The molecule has 4 aromatic heterocycles. The van der Waals surface area contributed by atoms with Crippen LogP contribution in [-0.4, -0.2) is 23.1 Å². The van der Waals surface area contributed by atoms with E-state index in [9.17, 15) is 4.11 Å². The van der Waals surface area contributed by atoms with Crippen molar-refractivity contribution in [1.82, 2.24) is 23.1 Å². The minimum atomic E-state index is -0.397. The molecule has 6 nitrogen and oxygen atoms in total. The van der Waals surface area contributed by atoms with Crippen LogP contribution in [0.5, 0.6) is 11.5 Å². The van der Waals surface area contributed by atoms with Crippen LogP contribution in [0.25, 0.3) is 122 Å². The molecule has 7 heteroatoms. The third kappa shape index (κ3) is 10.9. The van der Waals surface area contributed by atoms with E-state index in [1.54, 1.807) is 6.07 Å². The summed E-state index contributed by atoms with van der Waals surface area (Å²) in [6.45, 7) is 27.0. The fraction of sp³-hybridized carbons (Fsp3) is 0.182. The van der Waals surface area contributed by atoms with E-state index in [-0.39, 0.29) is 40.4 Å². The topological polar surface area (TPSA) is 41.3 Å². The Bertz CT molecular complexity index is 5800. The molecule has 0 radical (unpaired) electrons. The Morgan fingerprint density at radius 1 is 0.347 bits per heavy atom. The van der Waals surface area contributed by atoms with E-state index in [0.717, 1.165) is 120 Å². The average Bonchev–Trinajstić information content (AvgIpc) is 1.61. The quantitative estimate of drug-likeness (QED) is 0.145. The van der Waals surface area contributed by atoms with Crippen LogP contribution in [0.1, 0.15) is 111 Å². The summed E-state index contributed by atoms with van der Waals surface area (Å²) >= 11 is 2.54. The molecule has 0 bridgehead atoms. The average molecular weight is 1420 g/mol. The van der Waals surface area contributed by atoms with Crippen molar-refractivity contribution in [3.05, 3.63) is 287 Å². The Labute approximate surface area is 574 Å². The van der Waals surface area contributed by atoms with Gasteiger partial charge in [0.25, 0.3) is 0 Å². The predicted octanol–water partition coefficient (Wildman–Crippen LogP) is 23.8. The van der Waals surface area contributed by atoms with Gasteiger partial charge in [-0.05, 0) is 17.0 Å². The van der Waals surface area contributed by atoms with Gasteiger partial charge in [0, 0.05) is 6.20 Å². The van der Waals surface area contributed by atoms with Gasteiger partial charge in [-0.15, -0.1) is 0 Å². The monoisotopic (exact) mass is 1420 g/mol. The molecule has 0 unspecified atom stereocenters. The second-order valence-electron chi connectivity index (χ2n) is 29.4. The van der Waals surface area contributed by atoms with Gasteiger partial charge >= 0.3 is 522 Å². The normalized spacial score (nSPS) is 13.1. The Kier molecular flexibility index (Phi) is 13.9. The molecule has 0 amide bonds. The van der Waals surface area contributed by atoms with Gasteiger partial charge in [-0.1, -0.05) is 32.9 Å². The Morgan fingerprint density at radius 2 is 0.853 bits per heavy atom. The number of rotatable bonds is 9. The molecule has 15 rings (SSSR count). The Balaban J connectivity index is 1.13. The molecular formula is C88H79N5OPt. The molecule has 11 aromatic carbocycles. The van der Waals surface area contributed by atoms with Crippen LogP contribution in [0, 0.1) is 3.80 Å². The van der Waals surface area contributed by atoms with E-state index >= 15 is 0 Å². The van der Waals surface area contributed by atoms with E-state index < -0.39 is 5.41 Å². The molecule has 0 aliphatic carbocycles. The molecule has 0 fully saturated rings. The zero-order valence-electron chi connectivity index (χ0n) is 60.0. The standard InChI is InChI=1S/C88H79N5O.Pt/c1-85(2,3)61-46-47-89-81(53-61)92-75-39-24-22-34-69(75)71-44-42-65(54-79(71)92)94-66-43-45-77-80(55-66)91-56-90(82-73(59-32-20-15-21-33-59)51-64(88(10,11)12)52-74(82)60-48-62(86(4,5)6)50-63(49-60)87(7,8)9)78-41-27-38-72(84(78)91)70-35-23-25-40-76(70)93(77)83-67(57-28-16-13-17-29-57)36-26-37-68(83)58-30-18-14-19-31-58;/h13-55H,1-12H3;/i15D,20D,21D,32D;. The molecule has 0 saturated carbocycles. The summed E-state index contributed by atoms with van der Waals surface area (Å²) in [5, 5.41) is 4.21. The summed E-state index contributed by atoms with van der Waals surface area (Å²) in [6.07, 6.45) is 1.91. The zero-order chi connectivity index (χ0) is 69.4. The molecule has 0 spiro atoms. The van der Waals surface area contributed by atoms with Crippen molar-refractivity contribution >= 4 is 60.2 Å². The molecule has 15 aromatic rings. The first-order valence-corrected chi connectivity index (χ1v) is 34.0. The summed E-state index contributed by atoms with van der Waals surface area (Å²) in [4.78, 5) is 5.02. The van der Waals surface area contributed by atoms with Crippen molar-refractivity contribution in [3.63, 3.8) is 0 Å². The van der Waals surface area contributed by atoms with Crippen LogP contribution in [0.15, 0.2) is 261 Å². The summed E-state index contributed by atoms with van der Waals surface area (Å²) in [7, 11) is 0. The van der Waals surface area contributed by atoms with Gasteiger partial charge in [0.15, 0.2) is 0 Å². The third-order valence-electron chi connectivity index (χ3n) is 18.8. The van der Waals surface area contributed by atoms with Gasteiger partial charge in [-0.25, -0.2) is 0 Å². The van der Waals surface area contributed by atoms with E-state index in [1.807, 2.05) is 6.20 Å². The number of benzene rings is 11. The first-order chi connectivity index (χ1) is 47.2. The van der Waals surface area contributed by atoms with Gasteiger partial charge < -0.3 is 0 Å². The van der Waals surface area contributed by atoms with Gasteiger partial charge in [-0.3, -0.25) is 0 Å². The number of para-hydroxylation sites is 4. The molecule has 0 aliphatic heterocycles. The molecular weight excluding hydrogens is 1340 g/mol. The van der Waals surface area contributed by atoms with E-state index in [1.165, 1.54) is 16.7 Å². The molecule has 472 valence electrons. The van der Waals surface area contributed by atoms with Gasteiger partial charge in [0.05, 0.1) is 0 Å².